The van der Waals surface area contributed by atoms with E-state index in [9.17, 15) is 0 Å². The second-order valence-electron chi connectivity index (χ2n) is 7.65. The van der Waals surface area contributed by atoms with Gasteiger partial charge in [-0.2, -0.15) is 0 Å². The molecule has 0 saturated heterocycles. The van der Waals surface area contributed by atoms with Crippen LogP contribution in [0, 0.1) is 0 Å². The molecule has 0 aliphatic carbocycles. The predicted octanol–water partition coefficient (Wildman–Crippen LogP) is 3.94. The van der Waals surface area contributed by atoms with Gasteiger partial charge in [-0.1, -0.05) is 0 Å². The van der Waals surface area contributed by atoms with Crippen LogP contribution >= 0.6 is 0 Å². The van der Waals surface area contributed by atoms with Crippen molar-refractivity contribution in [2.45, 2.75) is 52.4 Å². The Labute approximate surface area is 136 Å². The predicted molar refractivity (Wildman–Crippen MR) is 95.3 cm³/mol. The van der Waals surface area contributed by atoms with Crippen LogP contribution in [0.4, 0.5) is 0 Å². The fraction of sp³-hybridized carbons (Fsp3) is 0.400. The van der Waals surface area contributed by atoms with Crippen molar-refractivity contribution in [2.75, 3.05) is 0 Å². The quantitative estimate of drug-likeness (QED) is 0.724. The van der Waals surface area contributed by atoms with Crippen molar-refractivity contribution in [3.05, 3.63) is 59.7 Å². The Balaban J connectivity index is 2.12. The molecule has 0 N–H and O–H groups in total. The molecule has 2 rings (SSSR count). The zero-order valence-electron chi connectivity index (χ0n) is 14.0. The number of rotatable bonds is 2. The topological polar surface area (TPSA) is 0 Å². The second-order valence-corrected chi connectivity index (χ2v) is 10.1. The third-order valence-electron chi connectivity index (χ3n) is 3.68. The molecular formula is C20H26Se. The molecule has 0 spiro atoms. The Morgan fingerprint density at radius 2 is 0.810 bits per heavy atom. The van der Waals surface area contributed by atoms with Crippen molar-refractivity contribution in [1.82, 2.24) is 0 Å². The van der Waals surface area contributed by atoms with E-state index >= 15 is 0 Å². The van der Waals surface area contributed by atoms with E-state index < -0.39 is 0 Å². The van der Waals surface area contributed by atoms with Crippen molar-refractivity contribution in [3.63, 3.8) is 0 Å². The van der Waals surface area contributed by atoms with Crippen LogP contribution in [0.2, 0.25) is 0 Å². The van der Waals surface area contributed by atoms with Gasteiger partial charge in [0.1, 0.15) is 0 Å². The fourth-order valence-electron chi connectivity index (χ4n) is 2.18. The summed E-state index contributed by atoms with van der Waals surface area (Å²) in [5.74, 6) is 0. The SMILES string of the molecule is CC(C)(C)c1ccc([Se]c2ccc(C(C)(C)C)cc2)cc1. The van der Waals surface area contributed by atoms with E-state index in [1.54, 1.807) is 0 Å². The van der Waals surface area contributed by atoms with Gasteiger partial charge in [-0.05, 0) is 0 Å². The minimum absolute atomic E-state index is 0.236. The van der Waals surface area contributed by atoms with Gasteiger partial charge < -0.3 is 0 Å². The summed E-state index contributed by atoms with van der Waals surface area (Å²) in [4.78, 5) is 0. The van der Waals surface area contributed by atoms with E-state index in [1.807, 2.05) is 0 Å². The van der Waals surface area contributed by atoms with Crippen molar-refractivity contribution in [1.29, 1.82) is 0 Å². The molecule has 0 fully saturated rings. The molecule has 0 radical (unpaired) electrons. The van der Waals surface area contributed by atoms with Crippen LogP contribution < -0.4 is 8.92 Å². The first kappa shape index (κ1) is 16.3. The summed E-state index contributed by atoms with van der Waals surface area (Å²) >= 11 is 0.396. The van der Waals surface area contributed by atoms with E-state index in [1.165, 1.54) is 20.1 Å². The number of hydrogen-bond donors (Lipinski definition) is 0. The van der Waals surface area contributed by atoms with Gasteiger partial charge >= 0.3 is 136 Å². The number of hydrogen-bond acceptors (Lipinski definition) is 0. The van der Waals surface area contributed by atoms with E-state index in [4.69, 9.17) is 0 Å². The Kier molecular flexibility index (Phi) is 4.66. The molecule has 0 aliphatic heterocycles. The molecule has 0 unspecified atom stereocenters. The molecule has 112 valence electrons. The number of benzene rings is 2. The summed E-state index contributed by atoms with van der Waals surface area (Å²) in [5, 5.41) is 0. The summed E-state index contributed by atoms with van der Waals surface area (Å²) in [6.45, 7) is 13.6. The van der Waals surface area contributed by atoms with Crippen LogP contribution in [0.5, 0.6) is 0 Å². The van der Waals surface area contributed by atoms with Gasteiger partial charge in [0.2, 0.25) is 0 Å². The maximum absolute atomic E-state index is 2.29. The maximum atomic E-state index is 2.29. The second kappa shape index (κ2) is 5.99. The van der Waals surface area contributed by atoms with Gasteiger partial charge in [-0.25, -0.2) is 0 Å². The molecule has 0 bridgehead atoms. The molecule has 0 amide bonds. The molecule has 0 nitrogen and oxygen atoms in total. The van der Waals surface area contributed by atoms with Crippen molar-refractivity contribution in [2.24, 2.45) is 0 Å². The summed E-state index contributed by atoms with van der Waals surface area (Å²) < 4.78 is 2.89. The van der Waals surface area contributed by atoms with Gasteiger partial charge in [-0.3, -0.25) is 0 Å². The van der Waals surface area contributed by atoms with E-state index in [2.05, 4.69) is 90.1 Å². The van der Waals surface area contributed by atoms with Crippen LogP contribution in [0.15, 0.2) is 48.5 Å². The normalized spacial score (nSPS) is 12.5. The van der Waals surface area contributed by atoms with E-state index in [-0.39, 0.29) is 10.8 Å². The van der Waals surface area contributed by atoms with Crippen LogP contribution in [-0.2, 0) is 10.8 Å². The van der Waals surface area contributed by atoms with Crippen LogP contribution in [0.25, 0.3) is 0 Å². The van der Waals surface area contributed by atoms with Crippen LogP contribution in [-0.4, -0.2) is 15.0 Å². The van der Waals surface area contributed by atoms with Gasteiger partial charge in [-0.15, -0.1) is 0 Å². The van der Waals surface area contributed by atoms with Gasteiger partial charge in [0, 0.05) is 0 Å². The molecule has 2 aromatic rings. The zero-order valence-corrected chi connectivity index (χ0v) is 15.7. The molecule has 0 atom stereocenters. The minimum atomic E-state index is 0.236. The standard InChI is InChI=1S/C20H26Se/c1-19(2,3)15-7-11-17(12-8-15)21-18-13-9-16(10-14-18)20(4,5)6/h7-14H,1-6H3. The molecule has 0 saturated carbocycles. The molecule has 0 heterocycles. The first-order valence-corrected chi connectivity index (χ1v) is 9.26. The average molecular weight is 345 g/mol. The van der Waals surface area contributed by atoms with Crippen LogP contribution in [0.3, 0.4) is 0 Å². The summed E-state index contributed by atoms with van der Waals surface area (Å²) in [6, 6.07) is 18.3. The molecular weight excluding hydrogens is 319 g/mol. The third kappa shape index (κ3) is 4.46. The molecule has 21 heavy (non-hydrogen) atoms. The van der Waals surface area contributed by atoms with Crippen molar-refractivity contribution < 1.29 is 0 Å². The fourth-order valence-corrected chi connectivity index (χ4v) is 3.90. The van der Waals surface area contributed by atoms with E-state index in [0.29, 0.717) is 15.0 Å². The summed E-state index contributed by atoms with van der Waals surface area (Å²) in [7, 11) is 0. The summed E-state index contributed by atoms with van der Waals surface area (Å²) in [5.41, 5.74) is 3.29. The third-order valence-corrected chi connectivity index (χ3v) is 5.81. The first-order valence-electron chi connectivity index (χ1n) is 7.55. The Bertz CT molecular complexity index is 522. The molecule has 2 aromatic carbocycles. The first-order chi connectivity index (χ1) is 9.66. The Hall–Kier alpha value is -1.04. The molecule has 1 heteroatoms. The molecule has 0 aromatic heterocycles. The van der Waals surface area contributed by atoms with Gasteiger partial charge in [0.25, 0.3) is 0 Å². The average Bonchev–Trinajstić information content (AvgIpc) is 2.38. The van der Waals surface area contributed by atoms with Gasteiger partial charge in [0.05, 0.1) is 0 Å². The zero-order chi connectivity index (χ0) is 15.7. The van der Waals surface area contributed by atoms with E-state index in [0.717, 1.165) is 0 Å². The Morgan fingerprint density at radius 3 is 1.05 bits per heavy atom. The van der Waals surface area contributed by atoms with Gasteiger partial charge in [0.15, 0.2) is 0 Å². The van der Waals surface area contributed by atoms with Crippen LogP contribution in [0.1, 0.15) is 52.7 Å². The Morgan fingerprint density at radius 1 is 0.524 bits per heavy atom. The monoisotopic (exact) mass is 346 g/mol. The summed E-state index contributed by atoms with van der Waals surface area (Å²) in [6.07, 6.45) is 0. The molecule has 0 aliphatic rings. The van der Waals surface area contributed by atoms with Crippen molar-refractivity contribution >= 4 is 23.9 Å². The van der Waals surface area contributed by atoms with Crippen molar-refractivity contribution in [3.8, 4) is 0 Å².